The highest BCUT2D eigenvalue weighted by atomic mass is 32.1. The first-order chi connectivity index (χ1) is 16.0. The predicted octanol–water partition coefficient (Wildman–Crippen LogP) is 5.31. The molecule has 0 saturated heterocycles. The van der Waals surface area contributed by atoms with E-state index < -0.39 is 0 Å². The van der Waals surface area contributed by atoms with Gasteiger partial charge in [0.2, 0.25) is 0 Å². The molecule has 1 N–H and O–H groups in total. The summed E-state index contributed by atoms with van der Waals surface area (Å²) >= 11 is 1.43. The van der Waals surface area contributed by atoms with Gasteiger partial charge in [0, 0.05) is 23.7 Å². The summed E-state index contributed by atoms with van der Waals surface area (Å²) in [6.45, 7) is 7.92. The van der Waals surface area contributed by atoms with Crippen LogP contribution < -0.4 is 19.9 Å². The SMILES string of the molecule is CCN(CC)c1ccc(N2C(=O)C(Nc3cc(C)ccc3OC)=C(c3cccs3)C2=O)cc1. The molecule has 3 aromatic rings. The maximum atomic E-state index is 13.6. The number of rotatable bonds is 8. The number of carbonyl (C=O) groups is 2. The molecule has 33 heavy (non-hydrogen) atoms. The van der Waals surface area contributed by atoms with E-state index in [4.69, 9.17) is 4.74 Å². The molecule has 2 heterocycles. The summed E-state index contributed by atoms with van der Waals surface area (Å²) in [5.41, 5.74) is 3.87. The lowest BCUT2D eigenvalue weighted by molar-refractivity contribution is -0.120. The van der Waals surface area contributed by atoms with E-state index in [-0.39, 0.29) is 17.5 Å². The minimum atomic E-state index is -0.387. The zero-order valence-corrected chi connectivity index (χ0v) is 20.0. The van der Waals surface area contributed by atoms with Gasteiger partial charge in [-0.3, -0.25) is 9.59 Å². The molecule has 0 spiro atoms. The number of thiophene rings is 1. The molecule has 170 valence electrons. The lowest BCUT2D eigenvalue weighted by atomic mass is 10.1. The van der Waals surface area contributed by atoms with Crippen molar-refractivity contribution in [3.05, 3.63) is 76.1 Å². The molecule has 0 radical (unpaired) electrons. The number of hydrogen-bond donors (Lipinski definition) is 1. The average molecular weight is 462 g/mol. The van der Waals surface area contributed by atoms with Gasteiger partial charge < -0.3 is 15.0 Å². The van der Waals surface area contributed by atoms with Gasteiger partial charge in [0.1, 0.15) is 11.4 Å². The van der Waals surface area contributed by atoms with Gasteiger partial charge in [0.15, 0.2) is 0 Å². The first-order valence-electron chi connectivity index (χ1n) is 10.9. The largest absolute Gasteiger partial charge is 0.495 e. The van der Waals surface area contributed by atoms with Crippen LogP contribution in [0.5, 0.6) is 5.75 Å². The minimum absolute atomic E-state index is 0.249. The Bertz CT molecular complexity index is 1200. The number of carbonyl (C=O) groups excluding carboxylic acids is 2. The minimum Gasteiger partial charge on any atom is -0.495 e. The van der Waals surface area contributed by atoms with Crippen LogP contribution in [0, 0.1) is 6.92 Å². The summed E-state index contributed by atoms with van der Waals surface area (Å²) < 4.78 is 5.47. The third-order valence-electron chi connectivity index (χ3n) is 5.70. The van der Waals surface area contributed by atoms with Crippen molar-refractivity contribution in [3.8, 4) is 5.75 Å². The summed E-state index contributed by atoms with van der Waals surface area (Å²) in [5.74, 6) is -0.129. The first kappa shape index (κ1) is 22.6. The topological polar surface area (TPSA) is 61.9 Å². The number of ether oxygens (including phenoxy) is 1. The molecule has 0 fully saturated rings. The maximum absolute atomic E-state index is 13.6. The lowest BCUT2D eigenvalue weighted by Gasteiger charge is -2.22. The molecule has 0 unspecified atom stereocenters. The molecule has 1 aliphatic heterocycles. The normalized spacial score (nSPS) is 13.6. The van der Waals surface area contributed by atoms with Gasteiger partial charge >= 0.3 is 0 Å². The number of methoxy groups -OCH3 is 1. The van der Waals surface area contributed by atoms with E-state index >= 15 is 0 Å². The summed E-state index contributed by atoms with van der Waals surface area (Å²) in [6.07, 6.45) is 0. The Kier molecular flexibility index (Phi) is 6.51. The van der Waals surface area contributed by atoms with Crippen molar-refractivity contribution in [2.45, 2.75) is 20.8 Å². The van der Waals surface area contributed by atoms with Gasteiger partial charge in [0.05, 0.1) is 24.1 Å². The standard InChI is InChI=1S/C26H27N3O3S/c1-5-28(6-2)18-10-12-19(13-11-18)29-25(30)23(22-8-7-15-33-22)24(26(29)31)27-20-16-17(3)9-14-21(20)32-4/h7-16,27H,5-6H2,1-4H3. The molecular weight excluding hydrogens is 434 g/mol. The summed E-state index contributed by atoms with van der Waals surface area (Å²) in [4.78, 5) is 31.3. The van der Waals surface area contributed by atoms with Crippen LogP contribution in [0.2, 0.25) is 0 Å². The number of anilines is 3. The van der Waals surface area contributed by atoms with E-state index in [1.54, 1.807) is 7.11 Å². The molecule has 4 rings (SSSR count). The Labute approximate surface area is 198 Å². The van der Waals surface area contributed by atoms with Gasteiger partial charge in [-0.05, 0) is 74.2 Å². The molecule has 6 nitrogen and oxygen atoms in total. The van der Waals surface area contributed by atoms with E-state index in [9.17, 15) is 9.59 Å². The summed E-state index contributed by atoms with van der Waals surface area (Å²) in [6, 6.07) is 16.9. The Morgan fingerprint density at radius 1 is 1.00 bits per heavy atom. The van der Waals surface area contributed by atoms with Crippen LogP contribution in [0.1, 0.15) is 24.3 Å². The summed E-state index contributed by atoms with van der Waals surface area (Å²) in [7, 11) is 1.58. The van der Waals surface area contributed by atoms with Gasteiger partial charge in [-0.2, -0.15) is 0 Å². The molecule has 0 aliphatic carbocycles. The molecular formula is C26H27N3O3S. The molecule has 2 amide bonds. The second-order valence-corrected chi connectivity index (χ2v) is 8.64. The second-order valence-electron chi connectivity index (χ2n) is 7.69. The fourth-order valence-electron chi connectivity index (χ4n) is 3.99. The number of nitrogens with one attached hydrogen (secondary N) is 1. The van der Waals surface area contributed by atoms with Crippen molar-refractivity contribution >= 4 is 45.8 Å². The summed E-state index contributed by atoms with van der Waals surface area (Å²) in [5, 5.41) is 5.10. The molecule has 7 heteroatoms. The zero-order chi connectivity index (χ0) is 23.5. The number of aryl methyl sites for hydroxylation is 1. The van der Waals surface area contributed by atoms with Crippen LogP contribution in [0.15, 0.2) is 65.7 Å². The van der Waals surface area contributed by atoms with Crippen LogP contribution in [-0.2, 0) is 9.59 Å². The van der Waals surface area contributed by atoms with Crippen molar-refractivity contribution in [2.75, 3.05) is 35.3 Å². The highest BCUT2D eigenvalue weighted by molar-refractivity contribution is 7.11. The molecule has 0 saturated carbocycles. The first-order valence-corrected chi connectivity index (χ1v) is 11.8. The van der Waals surface area contributed by atoms with Crippen molar-refractivity contribution in [1.82, 2.24) is 0 Å². The smallest absolute Gasteiger partial charge is 0.282 e. The lowest BCUT2D eigenvalue weighted by Crippen LogP contribution is -2.32. The molecule has 0 bridgehead atoms. The number of benzene rings is 2. The van der Waals surface area contributed by atoms with Gasteiger partial charge in [-0.1, -0.05) is 12.1 Å². The Balaban J connectivity index is 1.74. The number of imide groups is 1. The van der Waals surface area contributed by atoms with Crippen LogP contribution >= 0.6 is 11.3 Å². The van der Waals surface area contributed by atoms with E-state index in [2.05, 4.69) is 24.1 Å². The average Bonchev–Trinajstić information content (AvgIpc) is 3.42. The van der Waals surface area contributed by atoms with E-state index in [1.165, 1.54) is 16.2 Å². The van der Waals surface area contributed by atoms with Crippen molar-refractivity contribution < 1.29 is 14.3 Å². The quantitative estimate of drug-likeness (QED) is 0.461. The van der Waals surface area contributed by atoms with Crippen LogP contribution in [0.25, 0.3) is 5.57 Å². The second kappa shape index (κ2) is 9.50. The number of hydrogen-bond acceptors (Lipinski definition) is 6. The van der Waals surface area contributed by atoms with Crippen molar-refractivity contribution in [1.29, 1.82) is 0 Å². The fourth-order valence-corrected chi connectivity index (χ4v) is 4.75. The van der Waals surface area contributed by atoms with Crippen LogP contribution in [0.3, 0.4) is 0 Å². The number of nitrogens with zero attached hydrogens (tertiary/aromatic N) is 2. The van der Waals surface area contributed by atoms with Crippen molar-refractivity contribution in [3.63, 3.8) is 0 Å². The predicted molar refractivity (Wildman–Crippen MR) is 135 cm³/mol. The Morgan fingerprint density at radius 2 is 1.73 bits per heavy atom. The highest BCUT2D eigenvalue weighted by Gasteiger charge is 2.41. The van der Waals surface area contributed by atoms with Crippen LogP contribution in [-0.4, -0.2) is 32.0 Å². The van der Waals surface area contributed by atoms with Gasteiger partial charge in [0.25, 0.3) is 11.8 Å². The third kappa shape index (κ3) is 4.24. The van der Waals surface area contributed by atoms with E-state index in [0.717, 1.165) is 29.2 Å². The number of amides is 2. The maximum Gasteiger partial charge on any atom is 0.282 e. The third-order valence-corrected chi connectivity index (χ3v) is 6.59. The molecule has 1 aromatic heterocycles. The molecule has 2 aromatic carbocycles. The Morgan fingerprint density at radius 3 is 2.33 bits per heavy atom. The van der Waals surface area contributed by atoms with E-state index in [1.807, 2.05) is 66.9 Å². The Hall–Kier alpha value is -3.58. The van der Waals surface area contributed by atoms with Gasteiger partial charge in [-0.15, -0.1) is 11.3 Å². The van der Waals surface area contributed by atoms with E-state index in [0.29, 0.717) is 22.7 Å². The monoisotopic (exact) mass is 461 g/mol. The van der Waals surface area contributed by atoms with Gasteiger partial charge in [-0.25, -0.2) is 4.90 Å². The molecule has 0 atom stereocenters. The highest BCUT2D eigenvalue weighted by Crippen LogP contribution is 2.37. The molecule has 1 aliphatic rings. The fraction of sp³-hybridized carbons (Fsp3) is 0.231. The van der Waals surface area contributed by atoms with Crippen molar-refractivity contribution in [2.24, 2.45) is 0 Å². The zero-order valence-electron chi connectivity index (χ0n) is 19.2. The van der Waals surface area contributed by atoms with Crippen LogP contribution in [0.4, 0.5) is 17.1 Å².